The third kappa shape index (κ3) is 1.79. The first-order valence-electron chi connectivity index (χ1n) is 4.81. The van der Waals surface area contributed by atoms with E-state index in [1.165, 1.54) is 11.3 Å². The molecule has 1 amide bonds. The Labute approximate surface area is 97.0 Å². The van der Waals surface area contributed by atoms with Gasteiger partial charge < -0.3 is 10.5 Å². The predicted octanol–water partition coefficient (Wildman–Crippen LogP) is 1.85. The number of thiophene rings is 1. The minimum Gasteiger partial charge on any atom is -0.380 e. The lowest BCUT2D eigenvalue weighted by molar-refractivity contribution is 0.1000. The second kappa shape index (κ2) is 4.19. The second-order valence-corrected chi connectivity index (χ2v) is 4.51. The van der Waals surface area contributed by atoms with Crippen LogP contribution in [0.15, 0.2) is 12.1 Å². The Morgan fingerprint density at radius 3 is 2.94 bits per heavy atom. The number of methoxy groups -OCH3 is 1. The summed E-state index contributed by atoms with van der Waals surface area (Å²) < 4.78 is 5.09. The molecule has 2 rings (SSSR count). The van der Waals surface area contributed by atoms with Gasteiger partial charge in [-0.15, -0.1) is 11.3 Å². The Morgan fingerprint density at radius 1 is 1.56 bits per heavy atom. The first kappa shape index (κ1) is 11.0. The van der Waals surface area contributed by atoms with Crippen molar-refractivity contribution in [3.8, 4) is 0 Å². The normalized spacial score (nSPS) is 10.9. The summed E-state index contributed by atoms with van der Waals surface area (Å²) in [5, 5.41) is 0.950. The van der Waals surface area contributed by atoms with Crippen molar-refractivity contribution in [3.63, 3.8) is 0 Å². The lowest BCUT2D eigenvalue weighted by Crippen LogP contribution is -2.11. The zero-order chi connectivity index (χ0) is 11.7. The minimum atomic E-state index is -0.423. The average molecular weight is 236 g/mol. The van der Waals surface area contributed by atoms with Crippen LogP contribution >= 0.6 is 11.3 Å². The van der Waals surface area contributed by atoms with E-state index in [2.05, 4.69) is 4.98 Å². The molecule has 2 N–H and O–H groups in total. The van der Waals surface area contributed by atoms with Crippen molar-refractivity contribution < 1.29 is 9.53 Å². The number of hydrogen-bond donors (Lipinski definition) is 1. The molecule has 0 atom stereocenters. The van der Waals surface area contributed by atoms with Crippen LogP contribution in [0.4, 0.5) is 0 Å². The van der Waals surface area contributed by atoms with Crippen LogP contribution in [0.3, 0.4) is 0 Å². The number of aromatic nitrogens is 1. The fraction of sp³-hybridized carbons (Fsp3) is 0.273. The molecule has 0 fully saturated rings. The van der Waals surface area contributed by atoms with E-state index < -0.39 is 5.91 Å². The monoisotopic (exact) mass is 236 g/mol. The molecule has 0 saturated carbocycles. The molecular weight excluding hydrogens is 224 g/mol. The molecule has 2 aromatic heterocycles. The van der Waals surface area contributed by atoms with Gasteiger partial charge in [0.2, 0.25) is 0 Å². The average Bonchev–Trinajstić information content (AvgIpc) is 2.57. The Bertz CT molecular complexity index is 548. The lowest BCUT2D eigenvalue weighted by Gasteiger charge is -1.99. The van der Waals surface area contributed by atoms with Crippen molar-refractivity contribution >= 4 is 27.5 Å². The minimum absolute atomic E-state index is 0.378. The third-order valence-electron chi connectivity index (χ3n) is 2.31. The second-order valence-electron chi connectivity index (χ2n) is 3.51. The van der Waals surface area contributed by atoms with Crippen LogP contribution in [0.1, 0.15) is 20.9 Å². The maximum atomic E-state index is 11.3. The number of amides is 1. The molecule has 4 nitrogen and oxygen atoms in total. The molecular formula is C11H12N2O2S. The van der Waals surface area contributed by atoms with E-state index in [4.69, 9.17) is 10.5 Å². The van der Waals surface area contributed by atoms with Gasteiger partial charge in [0, 0.05) is 23.8 Å². The number of nitrogens with two attached hydrogens (primary N) is 1. The molecule has 0 spiro atoms. The van der Waals surface area contributed by atoms with Crippen LogP contribution in [0.25, 0.3) is 10.2 Å². The molecule has 0 aliphatic heterocycles. The maximum Gasteiger partial charge on any atom is 0.259 e. The van der Waals surface area contributed by atoms with E-state index in [1.54, 1.807) is 7.11 Å². The van der Waals surface area contributed by atoms with Gasteiger partial charge in [-0.3, -0.25) is 4.79 Å². The van der Waals surface area contributed by atoms with Crippen LogP contribution in [-0.2, 0) is 11.3 Å². The highest BCUT2D eigenvalue weighted by Crippen LogP contribution is 2.30. The van der Waals surface area contributed by atoms with Crippen LogP contribution in [0.5, 0.6) is 0 Å². The first-order chi connectivity index (χ1) is 7.63. The van der Waals surface area contributed by atoms with Crippen LogP contribution < -0.4 is 5.73 Å². The predicted molar refractivity (Wildman–Crippen MR) is 63.6 cm³/mol. The highest BCUT2D eigenvalue weighted by molar-refractivity contribution is 7.20. The fourth-order valence-corrected chi connectivity index (χ4v) is 2.68. The van der Waals surface area contributed by atoms with E-state index in [0.29, 0.717) is 11.5 Å². The van der Waals surface area contributed by atoms with Crippen molar-refractivity contribution in [2.75, 3.05) is 7.11 Å². The van der Waals surface area contributed by atoms with Gasteiger partial charge in [0.05, 0.1) is 11.5 Å². The number of carbonyl (C=O) groups excluding carboxylic acids is 1. The van der Waals surface area contributed by atoms with Gasteiger partial charge >= 0.3 is 0 Å². The Morgan fingerprint density at radius 2 is 2.31 bits per heavy atom. The summed E-state index contributed by atoms with van der Waals surface area (Å²) in [6.45, 7) is 2.29. The number of nitrogens with zero attached hydrogens (tertiary/aromatic N) is 1. The van der Waals surface area contributed by atoms with Crippen molar-refractivity contribution in [2.45, 2.75) is 13.5 Å². The van der Waals surface area contributed by atoms with Crippen molar-refractivity contribution in [1.82, 2.24) is 4.98 Å². The molecule has 0 unspecified atom stereocenters. The molecule has 0 aromatic carbocycles. The summed E-state index contributed by atoms with van der Waals surface area (Å²) in [7, 11) is 1.59. The number of carbonyl (C=O) groups is 1. The van der Waals surface area contributed by atoms with Gasteiger partial charge in [-0.1, -0.05) is 0 Å². The summed E-state index contributed by atoms with van der Waals surface area (Å²) in [5.41, 5.74) is 7.10. The number of hydrogen-bond acceptors (Lipinski definition) is 4. The molecule has 5 heteroatoms. The highest BCUT2D eigenvalue weighted by Gasteiger charge is 2.16. The van der Waals surface area contributed by atoms with Crippen LogP contribution in [-0.4, -0.2) is 18.0 Å². The molecule has 2 heterocycles. The van der Waals surface area contributed by atoms with E-state index in [1.807, 2.05) is 19.1 Å². The molecule has 0 radical (unpaired) electrons. The molecule has 0 aliphatic carbocycles. The molecule has 16 heavy (non-hydrogen) atoms. The number of rotatable bonds is 3. The Hall–Kier alpha value is -1.46. The van der Waals surface area contributed by atoms with Crippen LogP contribution in [0.2, 0.25) is 0 Å². The van der Waals surface area contributed by atoms with Crippen molar-refractivity contribution in [3.05, 3.63) is 28.3 Å². The van der Waals surface area contributed by atoms with Gasteiger partial charge in [-0.05, 0) is 19.1 Å². The van der Waals surface area contributed by atoms with Gasteiger partial charge in [-0.25, -0.2) is 4.98 Å². The van der Waals surface area contributed by atoms with E-state index in [-0.39, 0.29) is 0 Å². The lowest BCUT2D eigenvalue weighted by atomic mass is 10.1. The zero-order valence-electron chi connectivity index (χ0n) is 9.11. The maximum absolute atomic E-state index is 11.3. The van der Waals surface area contributed by atoms with Gasteiger partial charge in [-0.2, -0.15) is 0 Å². The van der Waals surface area contributed by atoms with Gasteiger partial charge in [0.1, 0.15) is 4.83 Å². The van der Waals surface area contributed by atoms with Crippen LogP contribution in [0, 0.1) is 6.92 Å². The summed E-state index contributed by atoms with van der Waals surface area (Å²) >= 11 is 1.32. The fourth-order valence-electron chi connectivity index (χ4n) is 1.61. The molecule has 0 saturated heterocycles. The smallest absolute Gasteiger partial charge is 0.259 e. The Balaban J connectivity index is 2.70. The van der Waals surface area contributed by atoms with E-state index >= 15 is 0 Å². The van der Waals surface area contributed by atoms with Crippen molar-refractivity contribution in [1.29, 1.82) is 0 Å². The Kier molecular flexibility index (Phi) is 2.89. The largest absolute Gasteiger partial charge is 0.380 e. The number of ether oxygens (including phenoxy) is 1. The number of primary amides is 1. The van der Waals surface area contributed by atoms with E-state index in [9.17, 15) is 4.79 Å². The number of pyridine rings is 1. The molecule has 2 aromatic rings. The zero-order valence-corrected chi connectivity index (χ0v) is 9.93. The van der Waals surface area contributed by atoms with Gasteiger partial charge in [0.15, 0.2) is 0 Å². The van der Waals surface area contributed by atoms with E-state index in [0.717, 1.165) is 21.5 Å². The summed E-state index contributed by atoms with van der Waals surface area (Å²) in [4.78, 5) is 17.0. The summed E-state index contributed by atoms with van der Waals surface area (Å²) in [6.07, 6.45) is 0. The van der Waals surface area contributed by atoms with Gasteiger partial charge in [0.25, 0.3) is 5.91 Å². The number of fused-ring (bicyclic) bond motifs is 1. The third-order valence-corrected chi connectivity index (χ3v) is 3.47. The standard InChI is InChI=1S/C11H12N2O2S/c1-6-3-4-7-8(5-15-2)9(10(12)14)16-11(7)13-6/h3-4H,5H2,1-2H3,(H2,12,14). The number of aryl methyl sites for hydroxylation is 1. The SMILES string of the molecule is COCc1c(C(N)=O)sc2nc(C)ccc12. The first-order valence-corrected chi connectivity index (χ1v) is 5.63. The molecule has 84 valence electrons. The molecule has 0 bridgehead atoms. The van der Waals surface area contributed by atoms with Crippen molar-refractivity contribution in [2.24, 2.45) is 5.73 Å². The quantitative estimate of drug-likeness (QED) is 0.884. The topological polar surface area (TPSA) is 65.2 Å². The molecule has 0 aliphatic rings. The highest BCUT2D eigenvalue weighted by atomic mass is 32.1. The summed E-state index contributed by atoms with van der Waals surface area (Å²) in [6, 6.07) is 3.87. The summed E-state index contributed by atoms with van der Waals surface area (Å²) in [5.74, 6) is -0.423.